The summed E-state index contributed by atoms with van der Waals surface area (Å²) < 4.78 is 5.57. The number of hydrogen-bond acceptors (Lipinski definition) is 3. The number of anilines is 2. The van der Waals surface area contributed by atoms with Gasteiger partial charge >= 0.3 is 0 Å². The van der Waals surface area contributed by atoms with Crippen LogP contribution in [0.3, 0.4) is 0 Å². The second kappa shape index (κ2) is 8.86. The number of rotatable bonds is 6. The van der Waals surface area contributed by atoms with E-state index in [9.17, 15) is 9.59 Å². The smallest absolute Gasteiger partial charge is 0.262 e. The Hall–Kier alpha value is -3.60. The Bertz CT molecular complexity index is 984. The first-order valence-corrected chi connectivity index (χ1v) is 8.98. The van der Waals surface area contributed by atoms with Gasteiger partial charge in [-0.3, -0.25) is 9.59 Å². The third kappa shape index (κ3) is 4.98. The van der Waals surface area contributed by atoms with Crippen LogP contribution in [0.25, 0.3) is 0 Å². The predicted molar refractivity (Wildman–Crippen MR) is 111 cm³/mol. The van der Waals surface area contributed by atoms with Gasteiger partial charge in [0, 0.05) is 5.56 Å². The number of carbonyl (C=O) groups excluding carboxylic acids is 2. The fraction of sp³-hybridized carbons (Fsp3) is 0.130. The minimum Gasteiger partial charge on any atom is -0.484 e. The van der Waals surface area contributed by atoms with Crippen molar-refractivity contribution in [2.45, 2.75) is 13.8 Å². The van der Waals surface area contributed by atoms with Gasteiger partial charge in [-0.1, -0.05) is 36.4 Å². The van der Waals surface area contributed by atoms with Crippen LogP contribution in [-0.2, 0) is 4.79 Å². The fourth-order valence-corrected chi connectivity index (χ4v) is 2.62. The number of aryl methyl sites for hydroxylation is 2. The van der Waals surface area contributed by atoms with Crippen molar-refractivity contribution in [1.29, 1.82) is 0 Å². The van der Waals surface area contributed by atoms with E-state index in [0.29, 0.717) is 22.7 Å². The van der Waals surface area contributed by atoms with Gasteiger partial charge in [-0.05, 0) is 61.4 Å². The number of hydrogen-bond donors (Lipinski definition) is 2. The monoisotopic (exact) mass is 374 g/mol. The first-order valence-electron chi connectivity index (χ1n) is 8.98. The van der Waals surface area contributed by atoms with Gasteiger partial charge < -0.3 is 15.4 Å². The van der Waals surface area contributed by atoms with Gasteiger partial charge in [-0.25, -0.2) is 0 Å². The molecular weight excluding hydrogens is 352 g/mol. The van der Waals surface area contributed by atoms with Crippen molar-refractivity contribution in [3.8, 4) is 5.75 Å². The summed E-state index contributed by atoms with van der Waals surface area (Å²) in [5.74, 6) is 0.0947. The molecule has 0 fully saturated rings. The summed E-state index contributed by atoms with van der Waals surface area (Å²) in [5.41, 5.74) is 3.85. The van der Waals surface area contributed by atoms with Crippen LogP contribution < -0.4 is 15.4 Å². The molecule has 0 atom stereocenters. The molecule has 0 aliphatic heterocycles. The van der Waals surface area contributed by atoms with Crippen molar-refractivity contribution < 1.29 is 14.3 Å². The van der Waals surface area contributed by atoms with Crippen LogP contribution in [0.2, 0.25) is 0 Å². The summed E-state index contributed by atoms with van der Waals surface area (Å²) in [6.45, 7) is 3.89. The Morgan fingerprint density at radius 3 is 2.11 bits per heavy atom. The highest BCUT2D eigenvalue weighted by Crippen LogP contribution is 2.22. The van der Waals surface area contributed by atoms with Crippen LogP contribution in [0.5, 0.6) is 5.75 Å². The summed E-state index contributed by atoms with van der Waals surface area (Å²) in [6, 6.07) is 21.6. The molecule has 3 aromatic carbocycles. The highest BCUT2D eigenvalue weighted by atomic mass is 16.5. The highest BCUT2D eigenvalue weighted by Gasteiger charge is 2.11. The maximum absolute atomic E-state index is 12.4. The number of carbonyl (C=O) groups is 2. The van der Waals surface area contributed by atoms with Crippen molar-refractivity contribution in [3.05, 3.63) is 89.5 Å². The highest BCUT2D eigenvalue weighted by molar-refractivity contribution is 6.07. The fourth-order valence-electron chi connectivity index (χ4n) is 2.62. The second-order valence-corrected chi connectivity index (χ2v) is 6.45. The lowest BCUT2D eigenvalue weighted by Gasteiger charge is -2.13. The molecule has 0 aromatic heterocycles. The zero-order chi connectivity index (χ0) is 19.9. The van der Waals surface area contributed by atoms with Crippen LogP contribution in [0.4, 0.5) is 11.4 Å². The maximum Gasteiger partial charge on any atom is 0.262 e. The van der Waals surface area contributed by atoms with Crippen LogP contribution in [-0.4, -0.2) is 18.4 Å². The molecule has 0 radical (unpaired) electrons. The normalized spacial score (nSPS) is 10.2. The molecule has 0 heterocycles. The molecule has 2 N–H and O–H groups in total. The lowest BCUT2D eigenvalue weighted by atomic mass is 10.1. The summed E-state index contributed by atoms with van der Waals surface area (Å²) in [7, 11) is 0. The number of nitrogens with one attached hydrogen (secondary N) is 2. The zero-order valence-corrected chi connectivity index (χ0v) is 15.9. The molecule has 0 saturated heterocycles. The third-order valence-electron chi connectivity index (χ3n) is 4.33. The molecule has 3 aromatic rings. The number of amides is 2. The first-order chi connectivity index (χ1) is 13.5. The topological polar surface area (TPSA) is 67.4 Å². The summed E-state index contributed by atoms with van der Waals surface area (Å²) in [5, 5.41) is 5.61. The molecule has 0 aliphatic rings. The van der Waals surface area contributed by atoms with E-state index in [0.717, 1.165) is 5.56 Å². The molecule has 142 valence electrons. The number of para-hydroxylation sites is 2. The predicted octanol–water partition coefficient (Wildman–Crippen LogP) is 4.57. The Morgan fingerprint density at radius 2 is 1.43 bits per heavy atom. The maximum atomic E-state index is 12.4. The molecule has 2 amide bonds. The van der Waals surface area contributed by atoms with Gasteiger partial charge in [0.1, 0.15) is 5.75 Å². The second-order valence-electron chi connectivity index (χ2n) is 6.45. The van der Waals surface area contributed by atoms with Crippen LogP contribution >= 0.6 is 0 Å². The summed E-state index contributed by atoms with van der Waals surface area (Å²) in [4.78, 5) is 24.7. The van der Waals surface area contributed by atoms with E-state index in [4.69, 9.17) is 4.74 Å². The largest absolute Gasteiger partial charge is 0.484 e. The van der Waals surface area contributed by atoms with Crippen LogP contribution in [0, 0.1) is 13.8 Å². The van der Waals surface area contributed by atoms with E-state index in [1.165, 1.54) is 5.56 Å². The van der Waals surface area contributed by atoms with E-state index in [1.807, 2.05) is 38.1 Å². The van der Waals surface area contributed by atoms with E-state index in [-0.39, 0.29) is 18.4 Å². The Labute approximate surface area is 164 Å². The molecular formula is C23H22N2O3. The van der Waals surface area contributed by atoms with Crippen molar-refractivity contribution in [1.82, 2.24) is 0 Å². The summed E-state index contributed by atoms with van der Waals surface area (Å²) >= 11 is 0. The van der Waals surface area contributed by atoms with Gasteiger partial charge in [-0.2, -0.15) is 0 Å². The Kier molecular flexibility index (Phi) is 6.07. The van der Waals surface area contributed by atoms with Gasteiger partial charge in [-0.15, -0.1) is 0 Å². The molecule has 0 unspecified atom stereocenters. The molecule has 0 spiro atoms. The molecule has 5 heteroatoms. The quantitative estimate of drug-likeness (QED) is 0.664. The minimum atomic E-state index is -0.306. The SMILES string of the molecule is Cc1ccc(OCC(=O)Nc2ccccc2NC(=O)c2ccccc2)cc1C. The first kappa shape index (κ1) is 19.2. The van der Waals surface area contributed by atoms with Gasteiger partial charge in [0.15, 0.2) is 6.61 Å². The third-order valence-corrected chi connectivity index (χ3v) is 4.33. The number of ether oxygens (including phenoxy) is 1. The average Bonchev–Trinajstić information content (AvgIpc) is 2.71. The Morgan fingerprint density at radius 1 is 0.786 bits per heavy atom. The van der Waals surface area contributed by atoms with E-state index in [1.54, 1.807) is 48.5 Å². The summed E-state index contributed by atoms with van der Waals surface area (Å²) in [6.07, 6.45) is 0. The van der Waals surface area contributed by atoms with Crippen molar-refractivity contribution in [2.24, 2.45) is 0 Å². The molecule has 28 heavy (non-hydrogen) atoms. The number of benzene rings is 3. The van der Waals surface area contributed by atoms with Crippen LogP contribution in [0.1, 0.15) is 21.5 Å². The van der Waals surface area contributed by atoms with Crippen LogP contribution in [0.15, 0.2) is 72.8 Å². The lowest BCUT2D eigenvalue weighted by molar-refractivity contribution is -0.118. The lowest BCUT2D eigenvalue weighted by Crippen LogP contribution is -2.21. The van der Waals surface area contributed by atoms with Gasteiger partial charge in [0.25, 0.3) is 11.8 Å². The molecule has 0 aliphatic carbocycles. The van der Waals surface area contributed by atoms with Crippen molar-refractivity contribution >= 4 is 23.2 Å². The van der Waals surface area contributed by atoms with Gasteiger partial charge in [0.2, 0.25) is 0 Å². The molecule has 0 bridgehead atoms. The zero-order valence-electron chi connectivity index (χ0n) is 15.9. The molecule has 3 rings (SSSR count). The van der Waals surface area contributed by atoms with Gasteiger partial charge in [0.05, 0.1) is 11.4 Å². The standard InChI is InChI=1S/C23H22N2O3/c1-16-12-13-19(14-17(16)2)28-15-22(26)24-20-10-6-7-11-21(20)25-23(27)18-8-4-3-5-9-18/h3-14H,15H2,1-2H3,(H,24,26)(H,25,27). The molecule has 5 nitrogen and oxygen atoms in total. The van der Waals surface area contributed by atoms with Crippen molar-refractivity contribution in [2.75, 3.05) is 17.2 Å². The molecule has 0 saturated carbocycles. The van der Waals surface area contributed by atoms with Crippen molar-refractivity contribution in [3.63, 3.8) is 0 Å². The average molecular weight is 374 g/mol. The Balaban J connectivity index is 1.63. The van der Waals surface area contributed by atoms with E-state index < -0.39 is 0 Å². The van der Waals surface area contributed by atoms with E-state index in [2.05, 4.69) is 10.6 Å². The minimum absolute atomic E-state index is 0.122. The van der Waals surface area contributed by atoms with E-state index >= 15 is 0 Å².